The first-order valence-corrected chi connectivity index (χ1v) is 6.58. The van der Waals surface area contributed by atoms with Gasteiger partial charge in [0.25, 0.3) is 9.05 Å². The van der Waals surface area contributed by atoms with Gasteiger partial charge in [0, 0.05) is 17.1 Å². The van der Waals surface area contributed by atoms with Crippen molar-refractivity contribution in [3.63, 3.8) is 0 Å². The number of benzene rings is 1. The van der Waals surface area contributed by atoms with Gasteiger partial charge in [-0.3, -0.25) is 4.39 Å². The van der Waals surface area contributed by atoms with Gasteiger partial charge in [-0.15, -0.1) is 0 Å². The van der Waals surface area contributed by atoms with Crippen LogP contribution in [0.25, 0.3) is 0 Å². The molecule has 0 fully saturated rings. The van der Waals surface area contributed by atoms with Crippen LogP contribution in [0.4, 0.5) is 4.39 Å². The van der Waals surface area contributed by atoms with Gasteiger partial charge in [-0.05, 0) is 24.3 Å². The third-order valence-electron chi connectivity index (χ3n) is 1.65. The highest BCUT2D eigenvalue weighted by Gasteiger charge is 2.08. The van der Waals surface area contributed by atoms with Gasteiger partial charge in [-0.25, -0.2) is 8.42 Å². The summed E-state index contributed by atoms with van der Waals surface area (Å²) in [6.45, 7) is -0.169. The Morgan fingerprint density at radius 2 is 1.87 bits per heavy atom. The van der Waals surface area contributed by atoms with Crippen molar-refractivity contribution in [1.29, 1.82) is 0 Å². The van der Waals surface area contributed by atoms with E-state index in [-0.39, 0.29) is 11.5 Å². The summed E-state index contributed by atoms with van der Waals surface area (Å²) in [5.41, 5.74) is 0. The van der Waals surface area contributed by atoms with Gasteiger partial charge in [-0.1, -0.05) is 0 Å². The van der Waals surface area contributed by atoms with Gasteiger partial charge >= 0.3 is 0 Å². The zero-order valence-corrected chi connectivity index (χ0v) is 9.39. The summed E-state index contributed by atoms with van der Waals surface area (Å²) in [6.07, 6.45) is 0.315. The lowest BCUT2D eigenvalue weighted by atomic mass is 10.3. The third kappa shape index (κ3) is 4.05. The molecule has 1 aromatic rings. The zero-order chi connectivity index (χ0) is 11.3. The van der Waals surface area contributed by atoms with E-state index < -0.39 is 15.7 Å². The molecule has 3 nitrogen and oxygen atoms in total. The van der Waals surface area contributed by atoms with Gasteiger partial charge < -0.3 is 4.74 Å². The van der Waals surface area contributed by atoms with E-state index >= 15 is 0 Å². The SMILES string of the molecule is O=S(=O)(Cl)c1ccc(OCCCF)cc1. The van der Waals surface area contributed by atoms with Crippen LogP contribution in [0.3, 0.4) is 0 Å². The van der Waals surface area contributed by atoms with Crippen LogP contribution in [-0.4, -0.2) is 21.7 Å². The zero-order valence-electron chi connectivity index (χ0n) is 7.82. The lowest BCUT2D eigenvalue weighted by Crippen LogP contribution is -1.98. The van der Waals surface area contributed by atoms with E-state index in [2.05, 4.69) is 0 Å². The average Bonchev–Trinajstić information content (AvgIpc) is 2.18. The van der Waals surface area contributed by atoms with Gasteiger partial charge in [0.05, 0.1) is 18.2 Å². The number of alkyl halides is 1. The molecule has 15 heavy (non-hydrogen) atoms. The summed E-state index contributed by atoms with van der Waals surface area (Å²) >= 11 is 0. The molecule has 0 unspecified atom stereocenters. The molecule has 0 saturated carbocycles. The number of halogens is 2. The second-order valence-corrected chi connectivity index (χ2v) is 5.37. The fraction of sp³-hybridized carbons (Fsp3) is 0.333. The van der Waals surface area contributed by atoms with Crippen LogP contribution in [0, 0.1) is 0 Å². The van der Waals surface area contributed by atoms with Gasteiger partial charge in [-0.2, -0.15) is 0 Å². The Hall–Kier alpha value is -0.810. The fourth-order valence-corrected chi connectivity index (χ4v) is 1.71. The third-order valence-corrected chi connectivity index (χ3v) is 3.02. The lowest BCUT2D eigenvalue weighted by Gasteiger charge is -2.04. The molecule has 0 radical (unpaired) electrons. The van der Waals surface area contributed by atoms with E-state index in [4.69, 9.17) is 15.4 Å². The van der Waals surface area contributed by atoms with Crippen molar-refractivity contribution in [2.24, 2.45) is 0 Å². The molecule has 0 aliphatic carbocycles. The maximum Gasteiger partial charge on any atom is 0.261 e. The first-order valence-electron chi connectivity index (χ1n) is 4.27. The Morgan fingerprint density at radius 1 is 1.27 bits per heavy atom. The molecule has 1 aromatic carbocycles. The summed E-state index contributed by atoms with van der Waals surface area (Å²) in [5, 5.41) is 0. The predicted octanol–water partition coefficient (Wildman–Crippen LogP) is 2.35. The number of rotatable bonds is 5. The standard InChI is InChI=1S/C9H10ClFO3S/c10-15(12,13)9-4-2-8(3-5-9)14-7-1-6-11/h2-5H,1,6-7H2. The number of hydrogen-bond acceptors (Lipinski definition) is 3. The van der Waals surface area contributed by atoms with Crippen molar-refractivity contribution < 1.29 is 17.5 Å². The van der Waals surface area contributed by atoms with E-state index in [0.29, 0.717) is 12.2 Å². The van der Waals surface area contributed by atoms with Gasteiger partial charge in [0.15, 0.2) is 0 Å². The van der Waals surface area contributed by atoms with Crippen LogP contribution in [0.15, 0.2) is 29.2 Å². The molecular formula is C9H10ClFO3S. The van der Waals surface area contributed by atoms with Crippen LogP contribution < -0.4 is 4.74 Å². The van der Waals surface area contributed by atoms with Gasteiger partial charge in [0.2, 0.25) is 0 Å². The minimum atomic E-state index is -3.69. The molecule has 0 aromatic heterocycles. The van der Waals surface area contributed by atoms with Crippen molar-refractivity contribution in [2.45, 2.75) is 11.3 Å². The monoisotopic (exact) mass is 252 g/mol. The van der Waals surface area contributed by atoms with Crippen molar-refractivity contribution in [1.82, 2.24) is 0 Å². The molecule has 0 spiro atoms. The normalized spacial score (nSPS) is 11.3. The fourth-order valence-electron chi connectivity index (χ4n) is 0.943. The quantitative estimate of drug-likeness (QED) is 0.597. The summed E-state index contributed by atoms with van der Waals surface area (Å²) in [4.78, 5) is 0.0157. The summed E-state index contributed by atoms with van der Waals surface area (Å²) < 4.78 is 38.6. The second kappa shape index (κ2) is 5.32. The molecule has 0 aliphatic rings. The first kappa shape index (κ1) is 12.3. The molecular weight excluding hydrogens is 243 g/mol. The van der Waals surface area contributed by atoms with Crippen LogP contribution >= 0.6 is 10.7 Å². The highest BCUT2D eigenvalue weighted by Crippen LogP contribution is 2.18. The van der Waals surface area contributed by atoms with Crippen LogP contribution in [0.2, 0.25) is 0 Å². The molecule has 0 aliphatic heterocycles. The maximum atomic E-state index is 11.7. The maximum absolute atomic E-state index is 11.7. The Balaban J connectivity index is 2.65. The molecule has 0 atom stereocenters. The van der Waals surface area contributed by atoms with Crippen LogP contribution in [0.5, 0.6) is 5.75 Å². The summed E-state index contributed by atoms with van der Waals surface area (Å²) in [6, 6.07) is 5.64. The summed E-state index contributed by atoms with van der Waals surface area (Å²) in [7, 11) is 1.43. The molecule has 0 saturated heterocycles. The second-order valence-electron chi connectivity index (χ2n) is 2.80. The first-order chi connectivity index (χ1) is 7.04. The Bertz CT molecular complexity index is 402. The topological polar surface area (TPSA) is 43.4 Å². The van der Waals surface area contributed by atoms with E-state index in [1.807, 2.05) is 0 Å². The van der Waals surface area contributed by atoms with Crippen LogP contribution in [-0.2, 0) is 9.05 Å². The molecule has 84 valence electrons. The largest absolute Gasteiger partial charge is 0.493 e. The number of hydrogen-bond donors (Lipinski definition) is 0. The molecule has 6 heteroatoms. The lowest BCUT2D eigenvalue weighted by molar-refractivity contribution is 0.289. The number of ether oxygens (including phenoxy) is 1. The van der Waals surface area contributed by atoms with Crippen LogP contribution in [0.1, 0.15) is 6.42 Å². The molecule has 0 N–H and O–H groups in total. The van der Waals surface area contributed by atoms with E-state index in [0.717, 1.165) is 0 Å². The highest BCUT2D eigenvalue weighted by molar-refractivity contribution is 8.13. The molecule has 0 bridgehead atoms. The Labute approximate surface area is 92.2 Å². The smallest absolute Gasteiger partial charge is 0.261 e. The van der Waals surface area contributed by atoms with Crippen molar-refractivity contribution in [3.05, 3.63) is 24.3 Å². The van der Waals surface area contributed by atoms with Crippen molar-refractivity contribution >= 4 is 19.7 Å². The summed E-state index contributed by atoms with van der Waals surface area (Å²) in [5.74, 6) is 0.493. The Morgan fingerprint density at radius 3 is 2.33 bits per heavy atom. The highest BCUT2D eigenvalue weighted by atomic mass is 35.7. The predicted molar refractivity (Wildman–Crippen MR) is 55.6 cm³/mol. The van der Waals surface area contributed by atoms with E-state index in [9.17, 15) is 12.8 Å². The molecule has 1 rings (SSSR count). The van der Waals surface area contributed by atoms with Crippen molar-refractivity contribution in [2.75, 3.05) is 13.3 Å². The average molecular weight is 253 g/mol. The minimum Gasteiger partial charge on any atom is -0.493 e. The van der Waals surface area contributed by atoms with E-state index in [1.165, 1.54) is 24.3 Å². The Kier molecular flexibility index (Phi) is 4.35. The van der Waals surface area contributed by atoms with Crippen molar-refractivity contribution in [3.8, 4) is 5.75 Å². The minimum absolute atomic E-state index is 0.0157. The molecule has 0 heterocycles. The van der Waals surface area contributed by atoms with E-state index in [1.54, 1.807) is 0 Å². The molecule has 0 amide bonds. The van der Waals surface area contributed by atoms with Gasteiger partial charge in [0.1, 0.15) is 5.75 Å².